The lowest BCUT2D eigenvalue weighted by atomic mass is 9.87. The number of hydrogen-bond donors (Lipinski definition) is 0. The highest BCUT2D eigenvalue weighted by atomic mass is 28.6. The molecule has 0 aromatic heterocycles. The third-order valence-electron chi connectivity index (χ3n) is 12.0. The Bertz CT molecular complexity index is 1790. The molecular formula is C42H76O15Si8. The lowest BCUT2D eigenvalue weighted by Crippen LogP contribution is -2.88. The van der Waals surface area contributed by atoms with E-state index in [-0.39, 0.29) is 60.2 Å². The molecule has 6 fully saturated rings. The Hall–Kier alpha value is -0.355. The Balaban J connectivity index is 1.31. The monoisotopic (exact) mass is 1040 g/mol. The number of benzene rings is 1. The molecule has 0 saturated carbocycles. The smallest absolute Gasteiger partial charge is 0.463 e. The molecule has 0 amide bonds. The highest BCUT2D eigenvalue weighted by Gasteiger charge is 2.83. The van der Waals surface area contributed by atoms with Crippen LogP contribution in [0.1, 0.15) is 121 Å². The van der Waals surface area contributed by atoms with Crippen LogP contribution in [0.15, 0.2) is 36.4 Å². The maximum absolute atomic E-state index is 14.1. The molecule has 8 heterocycles. The molecule has 0 radical (unpaired) electrons. The molecule has 6 saturated heterocycles. The molecule has 1 aromatic carbocycles. The van der Waals surface area contributed by atoms with E-state index in [2.05, 4.69) is 96.9 Å². The van der Waals surface area contributed by atoms with Gasteiger partial charge in [-0.1, -0.05) is 127 Å². The first-order valence-electron chi connectivity index (χ1n) is 24.4. The molecule has 9 rings (SSSR count). The van der Waals surface area contributed by atoms with Crippen LogP contribution in [0.25, 0.3) is 0 Å². The first-order chi connectivity index (χ1) is 30.3. The molecule has 1 aromatic rings. The van der Waals surface area contributed by atoms with Crippen molar-refractivity contribution in [2.45, 2.75) is 163 Å². The number of rotatable bonds is 19. The van der Waals surface area contributed by atoms with Gasteiger partial charge in [0.15, 0.2) is 0 Å². The van der Waals surface area contributed by atoms with Crippen molar-refractivity contribution in [3.63, 3.8) is 0 Å². The van der Waals surface area contributed by atoms with Gasteiger partial charge >= 0.3 is 76.4 Å². The fraction of sp³-hybridized carbons (Fsp3) is 0.786. The summed E-state index contributed by atoms with van der Waals surface area (Å²) < 4.78 is 106. The predicted molar refractivity (Wildman–Crippen MR) is 258 cm³/mol. The van der Waals surface area contributed by atoms with Crippen LogP contribution in [-0.4, -0.2) is 83.0 Å². The van der Waals surface area contributed by atoms with Gasteiger partial charge in [-0.2, -0.15) is 0 Å². The second-order valence-corrected chi connectivity index (χ2v) is 46.4. The van der Waals surface area contributed by atoms with Crippen LogP contribution in [-0.2, 0) is 69.3 Å². The Morgan fingerprint density at radius 3 is 1.12 bits per heavy atom. The van der Waals surface area contributed by atoms with E-state index in [1.165, 1.54) is 0 Å². The van der Waals surface area contributed by atoms with Crippen molar-refractivity contribution in [2.75, 3.05) is 6.61 Å². The Morgan fingerprint density at radius 2 is 0.800 bits per heavy atom. The molecule has 8 aliphatic rings. The molecule has 15 nitrogen and oxygen atoms in total. The minimum absolute atomic E-state index is 0.0412. The number of ether oxygens (including phenoxy) is 2. The predicted octanol–water partition coefficient (Wildman–Crippen LogP) is 9.83. The van der Waals surface area contributed by atoms with Gasteiger partial charge in [-0.15, -0.1) is 0 Å². The molecule has 65 heavy (non-hydrogen) atoms. The van der Waals surface area contributed by atoms with Crippen LogP contribution in [0.4, 0.5) is 0 Å². The van der Waals surface area contributed by atoms with Gasteiger partial charge in [-0.05, 0) is 59.5 Å². The van der Waals surface area contributed by atoms with Gasteiger partial charge in [0.25, 0.3) is 0 Å². The first kappa shape index (κ1) is 51.0. The van der Waals surface area contributed by atoms with Crippen LogP contribution in [0.5, 0.6) is 0 Å². The van der Waals surface area contributed by atoms with E-state index in [0.717, 1.165) is 11.1 Å². The van der Waals surface area contributed by atoms with Gasteiger partial charge < -0.3 is 58.9 Å². The quantitative estimate of drug-likeness (QED) is 0.0560. The zero-order valence-corrected chi connectivity index (χ0v) is 49.3. The summed E-state index contributed by atoms with van der Waals surface area (Å²) in [6.07, 6.45) is 3.77. The second-order valence-electron chi connectivity index (χ2n) is 22.3. The van der Waals surface area contributed by atoms with E-state index >= 15 is 0 Å². The maximum Gasteiger partial charge on any atom is 0.479 e. The number of carbonyl (C=O) groups is 1. The van der Waals surface area contributed by atoms with Crippen molar-refractivity contribution in [2.24, 2.45) is 41.4 Å². The van der Waals surface area contributed by atoms with E-state index < -0.39 is 82.0 Å². The Morgan fingerprint density at radius 1 is 0.492 bits per heavy atom. The van der Waals surface area contributed by atoms with Gasteiger partial charge in [0.05, 0.1) is 6.61 Å². The van der Waals surface area contributed by atoms with Crippen LogP contribution in [0, 0.1) is 41.4 Å². The van der Waals surface area contributed by atoms with Crippen molar-refractivity contribution in [3.05, 3.63) is 47.5 Å². The minimum atomic E-state index is -4.21. The van der Waals surface area contributed by atoms with E-state index in [9.17, 15) is 4.79 Å². The molecule has 10 bridgehead atoms. The number of hydrogen-bond acceptors (Lipinski definition) is 15. The Labute approximate surface area is 397 Å². The summed E-state index contributed by atoms with van der Waals surface area (Å²) in [7, 11) is -32.4. The fourth-order valence-electron chi connectivity index (χ4n) is 10.6. The third-order valence-corrected chi connectivity index (χ3v) is 52.0. The zero-order valence-electron chi connectivity index (χ0n) is 41.3. The van der Waals surface area contributed by atoms with Gasteiger partial charge in [0.1, 0.15) is 6.10 Å². The van der Waals surface area contributed by atoms with E-state index in [0.29, 0.717) is 48.7 Å². The normalized spacial score (nSPS) is 40.4. The molecule has 0 spiro atoms. The Kier molecular flexibility index (Phi) is 14.4. The maximum atomic E-state index is 14.1. The SMILES string of the molecule is CC(C)C[Si]12O[Si]3(CCCOC(=O)C45C=CC(O4)c4ccccc45)O[Si]4(CC(C)C)O[Si](CC(C)C)(O1)O[Si]1(CC(C)C)O[Si](CC(C)C)(O2)O[Si](CC(C)C)(O3)O[Si](CC(C)C)(O4)O1. The summed E-state index contributed by atoms with van der Waals surface area (Å²) in [4.78, 5) is 14.1. The standard InChI is InChI=1S/C42H76O15Si8/c1-31(2)24-59-46-58(23-17-22-44-41(43)42-21-20-40(45-42)38-18-15-16-19-39(38)42)47-60(25-32(3)4)51-62(49-59,27-34(7)8)55-65(30-37(13)14)56-63(50-59,28-35(9)10)52-61(48-58,26-33(5)6)54-64(53-60,57-65)29-36(11)12/h15-16,18-21,31-37,40H,17,22-30H2,1-14H3. The topological polar surface area (TPSA) is 146 Å². The van der Waals surface area contributed by atoms with Crippen molar-refractivity contribution in [1.29, 1.82) is 0 Å². The largest absolute Gasteiger partial charge is 0.479 e. The molecule has 8 aliphatic heterocycles. The van der Waals surface area contributed by atoms with Crippen molar-refractivity contribution >= 4 is 76.4 Å². The molecular weight excluding hydrogens is 969 g/mol. The van der Waals surface area contributed by atoms with Gasteiger partial charge in [-0.3, -0.25) is 0 Å². The highest BCUT2D eigenvalue weighted by molar-refractivity contribution is 7.03. The van der Waals surface area contributed by atoms with Crippen LogP contribution >= 0.6 is 0 Å². The molecule has 23 heteroatoms. The van der Waals surface area contributed by atoms with Crippen molar-refractivity contribution in [3.8, 4) is 0 Å². The number of fused-ring (bicyclic) bond motifs is 5. The number of esters is 1. The van der Waals surface area contributed by atoms with Gasteiger partial charge in [0, 0.05) is 53.9 Å². The van der Waals surface area contributed by atoms with E-state index in [1.54, 1.807) is 0 Å². The zero-order chi connectivity index (χ0) is 47.1. The van der Waals surface area contributed by atoms with Crippen molar-refractivity contribution in [1.82, 2.24) is 0 Å². The second kappa shape index (κ2) is 18.4. The summed E-state index contributed by atoms with van der Waals surface area (Å²) in [6.45, 7) is 30.1. The van der Waals surface area contributed by atoms with E-state index in [1.807, 2.05) is 36.4 Å². The average molecular weight is 1050 g/mol. The van der Waals surface area contributed by atoms with E-state index in [4.69, 9.17) is 58.9 Å². The molecule has 2 unspecified atom stereocenters. The summed E-state index contributed by atoms with van der Waals surface area (Å²) in [5.74, 6) is -0.0165. The minimum Gasteiger partial charge on any atom is -0.463 e. The average Bonchev–Trinajstić information content (AvgIpc) is 3.67. The number of carbonyl (C=O) groups excluding carboxylic acids is 1. The lowest BCUT2D eigenvalue weighted by Gasteiger charge is -2.64. The lowest BCUT2D eigenvalue weighted by molar-refractivity contribution is -0.166. The summed E-state index contributed by atoms with van der Waals surface area (Å²) in [6, 6.07) is 11.0. The summed E-state index contributed by atoms with van der Waals surface area (Å²) in [5.41, 5.74) is 0.496. The van der Waals surface area contributed by atoms with Crippen molar-refractivity contribution < 1.29 is 63.7 Å². The molecule has 0 N–H and O–H groups in total. The van der Waals surface area contributed by atoms with Crippen LogP contribution in [0.2, 0.25) is 48.4 Å². The van der Waals surface area contributed by atoms with Gasteiger partial charge in [-0.25, -0.2) is 4.79 Å². The molecule has 0 aliphatic carbocycles. The fourth-order valence-corrected chi connectivity index (χ4v) is 62.1. The highest BCUT2D eigenvalue weighted by Crippen LogP contribution is 2.56. The molecule has 366 valence electrons. The van der Waals surface area contributed by atoms with Gasteiger partial charge in [0.2, 0.25) is 5.60 Å². The first-order valence-corrected chi connectivity index (χ1v) is 39.8. The third kappa shape index (κ3) is 10.4. The van der Waals surface area contributed by atoms with Crippen LogP contribution in [0.3, 0.4) is 0 Å². The van der Waals surface area contributed by atoms with Crippen LogP contribution < -0.4 is 0 Å². The summed E-state index contributed by atoms with van der Waals surface area (Å²) in [5, 5.41) is 0. The molecule has 2 atom stereocenters. The summed E-state index contributed by atoms with van der Waals surface area (Å²) >= 11 is 0.